The van der Waals surface area contributed by atoms with E-state index in [1.807, 2.05) is 12.1 Å². The van der Waals surface area contributed by atoms with E-state index in [0.717, 1.165) is 14.3 Å². The number of rotatable bonds is 2. The van der Waals surface area contributed by atoms with Crippen molar-refractivity contribution in [2.75, 3.05) is 5.75 Å². The summed E-state index contributed by atoms with van der Waals surface area (Å²) in [5, 5.41) is 0.889. The molecule has 3 heteroatoms. The van der Waals surface area contributed by atoms with Gasteiger partial charge in [0, 0.05) is 8.47 Å². The molecule has 0 radical (unpaired) electrons. The van der Waals surface area contributed by atoms with Crippen molar-refractivity contribution < 1.29 is 0 Å². The third kappa shape index (κ3) is 2.53. The summed E-state index contributed by atoms with van der Waals surface area (Å²) in [6.45, 7) is 2.13. The Labute approximate surface area is 89.8 Å². The lowest BCUT2D eigenvalue weighted by Gasteiger charge is -2.02. The van der Waals surface area contributed by atoms with E-state index < -0.39 is 0 Å². The van der Waals surface area contributed by atoms with Gasteiger partial charge in [0.15, 0.2) is 0 Å². The van der Waals surface area contributed by atoms with Gasteiger partial charge in [0.2, 0.25) is 0 Å². The number of halogens is 2. The average molecular weight is 299 g/mol. The molecule has 60 valence electrons. The molecule has 0 aliphatic carbocycles. The first-order valence-corrected chi connectivity index (χ1v) is 5.76. The molecule has 0 saturated carbocycles. The lowest BCUT2D eigenvalue weighted by Crippen LogP contribution is -1.78. The van der Waals surface area contributed by atoms with Crippen molar-refractivity contribution in [2.45, 2.75) is 11.8 Å². The van der Waals surface area contributed by atoms with Crippen LogP contribution in [0, 0.1) is 3.57 Å². The molecular formula is C8H8ClIS. The third-order valence-electron chi connectivity index (χ3n) is 1.22. The lowest BCUT2D eigenvalue weighted by molar-refractivity contribution is 1.41. The summed E-state index contributed by atoms with van der Waals surface area (Å²) in [5.41, 5.74) is 0. The highest BCUT2D eigenvalue weighted by Gasteiger charge is 2.01. The first-order chi connectivity index (χ1) is 5.25. The van der Waals surface area contributed by atoms with Gasteiger partial charge < -0.3 is 0 Å². The Hall–Kier alpha value is 0.590. The van der Waals surface area contributed by atoms with Crippen LogP contribution in [-0.4, -0.2) is 5.75 Å². The molecule has 11 heavy (non-hydrogen) atoms. The monoisotopic (exact) mass is 298 g/mol. The minimum absolute atomic E-state index is 0.889. The van der Waals surface area contributed by atoms with E-state index in [9.17, 15) is 0 Å². The number of thioether (sulfide) groups is 1. The summed E-state index contributed by atoms with van der Waals surface area (Å²) >= 11 is 10.1. The largest absolute Gasteiger partial charge is 0.125 e. The zero-order valence-electron chi connectivity index (χ0n) is 6.10. The standard InChI is InChI=1S/C8H8ClIS/c1-2-11-7-5-3-4-6(10)8(7)9/h3-5H,2H2,1H3. The lowest BCUT2D eigenvalue weighted by atomic mass is 10.4. The highest BCUT2D eigenvalue weighted by molar-refractivity contribution is 14.1. The Kier molecular flexibility index (Phi) is 4.02. The Balaban J connectivity index is 2.96. The van der Waals surface area contributed by atoms with Crippen LogP contribution in [0.4, 0.5) is 0 Å². The van der Waals surface area contributed by atoms with Crippen LogP contribution in [0.25, 0.3) is 0 Å². The summed E-state index contributed by atoms with van der Waals surface area (Å²) in [4.78, 5) is 1.18. The predicted molar refractivity (Wildman–Crippen MR) is 60.6 cm³/mol. The maximum Gasteiger partial charge on any atom is 0.0675 e. The fourth-order valence-corrected chi connectivity index (χ4v) is 2.44. The fourth-order valence-electron chi connectivity index (χ4n) is 0.751. The van der Waals surface area contributed by atoms with Crippen molar-refractivity contribution in [1.29, 1.82) is 0 Å². The molecule has 0 heterocycles. The smallest absolute Gasteiger partial charge is 0.0675 e. The van der Waals surface area contributed by atoms with E-state index in [1.54, 1.807) is 11.8 Å². The van der Waals surface area contributed by atoms with Crippen molar-refractivity contribution in [3.05, 3.63) is 26.8 Å². The first kappa shape index (κ1) is 9.68. The maximum absolute atomic E-state index is 6.04. The van der Waals surface area contributed by atoms with Crippen molar-refractivity contribution in [1.82, 2.24) is 0 Å². The second kappa shape index (κ2) is 4.58. The van der Waals surface area contributed by atoms with Crippen LogP contribution in [0.15, 0.2) is 23.1 Å². The van der Waals surface area contributed by atoms with E-state index in [4.69, 9.17) is 11.6 Å². The van der Waals surface area contributed by atoms with Crippen molar-refractivity contribution in [3.63, 3.8) is 0 Å². The molecular weight excluding hydrogens is 291 g/mol. The fraction of sp³-hybridized carbons (Fsp3) is 0.250. The van der Waals surface area contributed by atoms with E-state index >= 15 is 0 Å². The normalized spacial score (nSPS) is 10.1. The van der Waals surface area contributed by atoms with Crippen LogP contribution in [0.3, 0.4) is 0 Å². The number of benzene rings is 1. The zero-order chi connectivity index (χ0) is 8.27. The van der Waals surface area contributed by atoms with Gasteiger partial charge in [-0.25, -0.2) is 0 Å². The summed E-state index contributed by atoms with van der Waals surface area (Å²) in [7, 11) is 0. The van der Waals surface area contributed by atoms with Crippen LogP contribution >= 0.6 is 46.0 Å². The maximum atomic E-state index is 6.04. The van der Waals surface area contributed by atoms with Gasteiger partial charge in [0.1, 0.15) is 0 Å². The molecule has 0 fully saturated rings. The minimum atomic E-state index is 0.889. The van der Waals surface area contributed by atoms with Gasteiger partial charge in [-0.05, 0) is 40.5 Å². The van der Waals surface area contributed by atoms with E-state index in [2.05, 4.69) is 35.6 Å². The molecule has 0 nitrogen and oxygen atoms in total. The minimum Gasteiger partial charge on any atom is -0.125 e. The van der Waals surface area contributed by atoms with Gasteiger partial charge in [0.05, 0.1) is 5.02 Å². The molecule has 0 atom stereocenters. The second-order valence-corrected chi connectivity index (χ2v) is 4.83. The Bertz CT molecular complexity index is 250. The van der Waals surface area contributed by atoms with Crippen LogP contribution in [0.5, 0.6) is 0 Å². The molecule has 0 aromatic heterocycles. The van der Waals surface area contributed by atoms with Crippen molar-refractivity contribution in [2.24, 2.45) is 0 Å². The Morgan fingerprint density at radius 3 is 2.91 bits per heavy atom. The van der Waals surface area contributed by atoms with Gasteiger partial charge in [-0.1, -0.05) is 24.6 Å². The summed E-state index contributed by atoms with van der Waals surface area (Å²) in [5.74, 6) is 1.07. The molecule has 0 amide bonds. The van der Waals surface area contributed by atoms with Gasteiger partial charge in [-0.3, -0.25) is 0 Å². The molecule has 0 unspecified atom stereocenters. The predicted octanol–water partition coefficient (Wildman–Crippen LogP) is 4.06. The van der Waals surface area contributed by atoms with Crippen LogP contribution in [-0.2, 0) is 0 Å². The zero-order valence-corrected chi connectivity index (χ0v) is 9.83. The van der Waals surface area contributed by atoms with E-state index in [-0.39, 0.29) is 0 Å². The van der Waals surface area contributed by atoms with E-state index in [1.165, 1.54) is 4.90 Å². The second-order valence-electron chi connectivity index (χ2n) is 1.98. The molecule has 1 aromatic rings. The number of hydrogen-bond donors (Lipinski definition) is 0. The highest BCUT2D eigenvalue weighted by atomic mass is 127. The van der Waals surface area contributed by atoms with E-state index in [0.29, 0.717) is 0 Å². The highest BCUT2D eigenvalue weighted by Crippen LogP contribution is 2.30. The SMILES string of the molecule is CCSc1cccc(I)c1Cl. The average Bonchev–Trinajstić information content (AvgIpc) is 1.99. The summed E-state index contributed by atoms with van der Waals surface area (Å²) in [6, 6.07) is 6.10. The first-order valence-electron chi connectivity index (χ1n) is 3.32. The van der Waals surface area contributed by atoms with Crippen LogP contribution < -0.4 is 0 Å². The summed E-state index contributed by atoms with van der Waals surface area (Å²) < 4.78 is 1.13. The quantitative estimate of drug-likeness (QED) is 0.586. The molecule has 1 rings (SSSR count). The van der Waals surface area contributed by atoms with Crippen LogP contribution in [0.2, 0.25) is 5.02 Å². The molecule has 0 bridgehead atoms. The van der Waals surface area contributed by atoms with Gasteiger partial charge in [-0.2, -0.15) is 0 Å². The third-order valence-corrected chi connectivity index (χ3v) is 3.89. The molecule has 0 saturated heterocycles. The van der Waals surface area contributed by atoms with Crippen molar-refractivity contribution >= 4 is 46.0 Å². The Morgan fingerprint density at radius 2 is 2.27 bits per heavy atom. The van der Waals surface area contributed by atoms with Crippen molar-refractivity contribution in [3.8, 4) is 0 Å². The molecule has 1 aromatic carbocycles. The Morgan fingerprint density at radius 1 is 1.55 bits per heavy atom. The topological polar surface area (TPSA) is 0 Å². The van der Waals surface area contributed by atoms with Gasteiger partial charge in [-0.15, -0.1) is 11.8 Å². The van der Waals surface area contributed by atoms with Crippen LogP contribution in [0.1, 0.15) is 6.92 Å². The van der Waals surface area contributed by atoms with Gasteiger partial charge >= 0.3 is 0 Å². The molecule has 0 N–H and O–H groups in total. The molecule has 0 aliphatic heterocycles. The molecule has 0 aliphatic rings. The van der Waals surface area contributed by atoms with Gasteiger partial charge in [0.25, 0.3) is 0 Å². The number of hydrogen-bond acceptors (Lipinski definition) is 1. The summed E-state index contributed by atoms with van der Waals surface area (Å²) in [6.07, 6.45) is 0. The molecule has 0 spiro atoms.